The van der Waals surface area contributed by atoms with Crippen LogP contribution >= 0.6 is 11.3 Å². The molecule has 0 radical (unpaired) electrons. The molecule has 222 valence electrons. The van der Waals surface area contributed by atoms with Crippen LogP contribution in [0.4, 0.5) is 0 Å². The smallest absolute Gasteiger partial charge is 0.184 e. The van der Waals surface area contributed by atoms with Gasteiger partial charge in [-0.2, -0.15) is 0 Å². The predicted octanol–water partition coefficient (Wildman–Crippen LogP) is 7.22. The van der Waals surface area contributed by atoms with Gasteiger partial charge in [0.2, 0.25) is 0 Å². The van der Waals surface area contributed by atoms with Crippen molar-refractivity contribution >= 4 is 11.3 Å². The van der Waals surface area contributed by atoms with E-state index in [0.29, 0.717) is 6.54 Å². The van der Waals surface area contributed by atoms with Crippen molar-refractivity contribution < 1.29 is 18.9 Å². The molecule has 1 aromatic heterocycles. The van der Waals surface area contributed by atoms with Crippen LogP contribution in [0.3, 0.4) is 0 Å². The fraction of sp³-hybridized carbons (Fsp3) is 0.400. The van der Waals surface area contributed by atoms with Gasteiger partial charge in [0.25, 0.3) is 0 Å². The number of aromatic nitrogens is 1. The standard InChI is InChI=1S/C35H42N2O4S/c1-38-29-15-13-26(23-31(29)40-3)17-21-36-34-37(22-18-27-14-16-30(39-2)32(24-27)41-4)33(25-42-34)35(19-9-6-10-20-35)28-11-7-5-8-12-28/h5,7-8,11-16,23-25H,6,9-10,17-22H2,1-4H3/b36-34+. The van der Waals surface area contributed by atoms with Crippen LogP contribution in [0.15, 0.2) is 77.1 Å². The van der Waals surface area contributed by atoms with Crippen molar-refractivity contribution in [2.24, 2.45) is 4.99 Å². The third-order valence-electron chi connectivity index (χ3n) is 8.49. The van der Waals surface area contributed by atoms with Gasteiger partial charge in [-0.15, -0.1) is 11.3 Å². The lowest BCUT2D eigenvalue weighted by molar-refractivity contribution is 0.326. The highest BCUT2D eigenvalue weighted by molar-refractivity contribution is 7.07. The van der Waals surface area contributed by atoms with Gasteiger partial charge in [-0.25, -0.2) is 0 Å². The van der Waals surface area contributed by atoms with E-state index in [2.05, 4.69) is 58.5 Å². The zero-order valence-corrected chi connectivity index (χ0v) is 26.0. The van der Waals surface area contributed by atoms with Crippen molar-refractivity contribution in [3.8, 4) is 23.0 Å². The van der Waals surface area contributed by atoms with E-state index in [0.717, 1.165) is 60.0 Å². The molecule has 5 rings (SSSR count). The Kier molecular flexibility index (Phi) is 9.90. The molecule has 0 bridgehead atoms. The van der Waals surface area contributed by atoms with Gasteiger partial charge in [-0.05, 0) is 66.6 Å². The van der Waals surface area contributed by atoms with Gasteiger partial charge in [0.15, 0.2) is 27.8 Å². The molecule has 42 heavy (non-hydrogen) atoms. The summed E-state index contributed by atoms with van der Waals surface area (Å²) in [7, 11) is 6.70. The van der Waals surface area contributed by atoms with Crippen LogP contribution in [0.5, 0.6) is 23.0 Å². The van der Waals surface area contributed by atoms with Gasteiger partial charge < -0.3 is 23.5 Å². The summed E-state index contributed by atoms with van der Waals surface area (Å²) in [6, 6.07) is 23.4. The molecule has 3 aromatic carbocycles. The van der Waals surface area contributed by atoms with Gasteiger partial charge in [0, 0.05) is 29.6 Å². The molecule has 1 saturated carbocycles. The maximum absolute atomic E-state index is 5.59. The number of aryl methyl sites for hydroxylation is 1. The fourth-order valence-electron chi connectivity index (χ4n) is 6.25. The molecule has 0 N–H and O–H groups in total. The van der Waals surface area contributed by atoms with E-state index in [4.69, 9.17) is 23.9 Å². The van der Waals surface area contributed by atoms with Gasteiger partial charge in [-0.3, -0.25) is 4.99 Å². The number of hydrogen-bond acceptors (Lipinski definition) is 6. The number of thiazole rings is 1. The Labute approximate surface area is 253 Å². The van der Waals surface area contributed by atoms with E-state index < -0.39 is 0 Å². The molecule has 1 aliphatic carbocycles. The highest BCUT2D eigenvalue weighted by Gasteiger charge is 2.38. The average molecular weight is 587 g/mol. The first-order valence-corrected chi connectivity index (χ1v) is 15.7. The number of nitrogens with zero attached hydrogens (tertiary/aromatic N) is 2. The van der Waals surface area contributed by atoms with Crippen LogP contribution in [0, 0.1) is 0 Å². The zero-order valence-electron chi connectivity index (χ0n) is 25.2. The largest absolute Gasteiger partial charge is 0.493 e. The lowest BCUT2D eigenvalue weighted by atomic mass is 9.67. The monoisotopic (exact) mass is 586 g/mol. The lowest BCUT2D eigenvalue weighted by Gasteiger charge is -2.38. The Hall–Kier alpha value is -3.71. The van der Waals surface area contributed by atoms with Crippen LogP contribution in [-0.4, -0.2) is 39.6 Å². The Morgan fingerprint density at radius 3 is 1.90 bits per heavy atom. The zero-order chi connectivity index (χ0) is 29.4. The average Bonchev–Trinajstić information content (AvgIpc) is 3.47. The van der Waals surface area contributed by atoms with Crippen molar-refractivity contribution in [2.45, 2.75) is 56.9 Å². The van der Waals surface area contributed by atoms with E-state index in [9.17, 15) is 0 Å². The van der Waals surface area contributed by atoms with E-state index >= 15 is 0 Å². The Morgan fingerprint density at radius 2 is 1.31 bits per heavy atom. The maximum atomic E-state index is 5.59. The fourth-order valence-corrected chi connectivity index (χ4v) is 7.30. The minimum absolute atomic E-state index is 0.00469. The summed E-state index contributed by atoms with van der Waals surface area (Å²) < 4.78 is 24.5. The second kappa shape index (κ2) is 14.0. The highest BCUT2D eigenvalue weighted by Crippen LogP contribution is 2.45. The van der Waals surface area contributed by atoms with E-state index in [1.807, 2.05) is 18.2 Å². The van der Waals surface area contributed by atoms with E-state index in [1.165, 1.54) is 41.6 Å². The number of methoxy groups -OCH3 is 4. The molecule has 0 amide bonds. The summed E-state index contributed by atoms with van der Waals surface area (Å²) in [5.74, 6) is 3.01. The van der Waals surface area contributed by atoms with Gasteiger partial charge in [-0.1, -0.05) is 61.7 Å². The molecule has 4 aromatic rings. The third-order valence-corrected chi connectivity index (χ3v) is 9.39. The van der Waals surface area contributed by atoms with E-state index in [-0.39, 0.29) is 5.41 Å². The van der Waals surface area contributed by atoms with Gasteiger partial charge in [0.05, 0.1) is 28.4 Å². The van der Waals surface area contributed by atoms with Gasteiger partial charge >= 0.3 is 0 Å². The SMILES string of the molecule is COc1ccc(CC/N=c2/scc(C3(c4ccccc4)CCCCC3)n2CCc2ccc(OC)c(OC)c2)cc1OC. The topological polar surface area (TPSA) is 54.2 Å². The molecule has 0 unspecified atom stereocenters. The van der Waals surface area contributed by atoms with Crippen LogP contribution < -0.4 is 23.7 Å². The van der Waals surface area contributed by atoms with Crippen molar-refractivity contribution in [1.82, 2.24) is 4.57 Å². The first-order chi connectivity index (χ1) is 20.6. The Bertz CT molecular complexity index is 1520. The Balaban J connectivity index is 1.50. The number of ether oxygens (including phenoxy) is 4. The second-order valence-corrected chi connectivity index (χ2v) is 11.7. The number of rotatable bonds is 12. The number of benzene rings is 3. The summed E-state index contributed by atoms with van der Waals surface area (Å²) in [6.45, 7) is 1.54. The normalized spacial score (nSPS) is 14.9. The second-order valence-electron chi connectivity index (χ2n) is 10.8. The van der Waals surface area contributed by atoms with Crippen molar-refractivity contribution in [1.29, 1.82) is 0 Å². The van der Waals surface area contributed by atoms with Crippen LogP contribution in [0.2, 0.25) is 0 Å². The van der Waals surface area contributed by atoms with Crippen molar-refractivity contribution in [3.63, 3.8) is 0 Å². The summed E-state index contributed by atoms with van der Waals surface area (Å²) >= 11 is 1.77. The summed E-state index contributed by atoms with van der Waals surface area (Å²) in [5, 5.41) is 2.38. The first kappa shape index (κ1) is 29.8. The first-order valence-electron chi connectivity index (χ1n) is 14.8. The van der Waals surface area contributed by atoms with Crippen molar-refractivity contribution in [3.05, 3.63) is 99.3 Å². The quantitative estimate of drug-likeness (QED) is 0.176. The summed E-state index contributed by atoms with van der Waals surface area (Å²) in [6.07, 6.45) is 7.81. The van der Waals surface area contributed by atoms with Crippen molar-refractivity contribution in [2.75, 3.05) is 35.0 Å². The molecule has 1 fully saturated rings. The molecule has 1 heterocycles. The van der Waals surface area contributed by atoms with Gasteiger partial charge in [0.1, 0.15) is 0 Å². The minimum Gasteiger partial charge on any atom is -0.493 e. The van der Waals surface area contributed by atoms with Crippen LogP contribution in [0.25, 0.3) is 0 Å². The molecule has 0 saturated heterocycles. The molecule has 0 aliphatic heterocycles. The van der Waals surface area contributed by atoms with Crippen LogP contribution in [-0.2, 0) is 24.8 Å². The molecule has 6 nitrogen and oxygen atoms in total. The molecule has 0 spiro atoms. The number of hydrogen-bond donors (Lipinski definition) is 0. The predicted molar refractivity (Wildman–Crippen MR) is 170 cm³/mol. The molecule has 0 atom stereocenters. The Morgan fingerprint density at radius 1 is 0.714 bits per heavy atom. The minimum atomic E-state index is 0.00469. The highest BCUT2D eigenvalue weighted by atomic mass is 32.1. The van der Waals surface area contributed by atoms with E-state index in [1.54, 1.807) is 39.8 Å². The molecule has 1 aliphatic rings. The lowest BCUT2D eigenvalue weighted by Crippen LogP contribution is -2.35. The summed E-state index contributed by atoms with van der Waals surface area (Å²) in [5.41, 5.74) is 5.21. The maximum Gasteiger partial charge on any atom is 0.184 e. The van der Waals surface area contributed by atoms with Crippen LogP contribution in [0.1, 0.15) is 54.5 Å². The molecule has 7 heteroatoms. The summed E-state index contributed by atoms with van der Waals surface area (Å²) in [4.78, 5) is 6.25. The third kappa shape index (κ3) is 6.36. The molecular weight excluding hydrogens is 544 g/mol. The molecular formula is C35H42N2O4S.